The van der Waals surface area contributed by atoms with Crippen LogP contribution in [0.15, 0.2) is 54.6 Å². The largest absolute Gasteiger partial charge is 0.478 e. The Morgan fingerprint density at radius 1 is 1.09 bits per heavy atom. The molecule has 1 aliphatic heterocycles. The van der Waals surface area contributed by atoms with Crippen LogP contribution < -0.4 is 5.32 Å². The predicted molar refractivity (Wildman–Crippen MR) is 88.5 cm³/mol. The van der Waals surface area contributed by atoms with Crippen LogP contribution in [-0.2, 0) is 6.42 Å². The Bertz CT molecular complexity index is 654. The van der Waals surface area contributed by atoms with Crippen molar-refractivity contribution in [2.24, 2.45) is 0 Å². The molecule has 4 heteroatoms. The number of hydrogen-bond acceptors (Lipinski definition) is 3. The van der Waals surface area contributed by atoms with Gasteiger partial charge in [0.1, 0.15) is 0 Å². The molecule has 3 atom stereocenters. The lowest BCUT2D eigenvalue weighted by molar-refractivity contribution is 0.0697. The van der Waals surface area contributed by atoms with E-state index >= 15 is 0 Å². The van der Waals surface area contributed by atoms with Crippen LogP contribution >= 0.6 is 0 Å². The smallest absolute Gasteiger partial charge is 0.335 e. The van der Waals surface area contributed by atoms with Gasteiger partial charge in [0.15, 0.2) is 0 Å². The molecule has 0 unspecified atom stereocenters. The second-order valence-corrected chi connectivity index (χ2v) is 6.11. The monoisotopic (exact) mass is 311 g/mol. The van der Waals surface area contributed by atoms with E-state index in [1.54, 1.807) is 12.1 Å². The van der Waals surface area contributed by atoms with Crippen molar-refractivity contribution in [3.05, 3.63) is 71.3 Å². The summed E-state index contributed by atoms with van der Waals surface area (Å²) in [6.45, 7) is 0. The molecule has 1 fully saturated rings. The maximum atomic E-state index is 10.9. The first-order valence-corrected chi connectivity index (χ1v) is 7.95. The Balaban J connectivity index is 1.58. The fraction of sp³-hybridized carbons (Fsp3) is 0.316. The third kappa shape index (κ3) is 3.78. The third-order valence-corrected chi connectivity index (χ3v) is 4.48. The van der Waals surface area contributed by atoms with E-state index in [0.29, 0.717) is 11.6 Å². The number of carboxylic acids is 1. The van der Waals surface area contributed by atoms with E-state index in [-0.39, 0.29) is 6.04 Å². The molecule has 3 N–H and O–H groups in total. The van der Waals surface area contributed by atoms with Gasteiger partial charge in [-0.1, -0.05) is 42.5 Å². The molecule has 0 bridgehead atoms. The average molecular weight is 311 g/mol. The summed E-state index contributed by atoms with van der Waals surface area (Å²) < 4.78 is 0. The summed E-state index contributed by atoms with van der Waals surface area (Å²) in [5.41, 5.74) is 2.37. The molecule has 23 heavy (non-hydrogen) atoms. The van der Waals surface area contributed by atoms with Crippen molar-refractivity contribution in [1.29, 1.82) is 0 Å². The van der Waals surface area contributed by atoms with Crippen molar-refractivity contribution >= 4 is 5.97 Å². The Morgan fingerprint density at radius 3 is 2.43 bits per heavy atom. The van der Waals surface area contributed by atoms with Crippen LogP contribution in [0.1, 0.15) is 40.4 Å². The summed E-state index contributed by atoms with van der Waals surface area (Å²) in [5, 5.41) is 22.9. The highest BCUT2D eigenvalue weighted by atomic mass is 16.4. The molecular weight excluding hydrogens is 290 g/mol. The molecule has 1 aliphatic rings. The number of carbonyl (C=O) groups is 1. The number of rotatable bonds is 5. The predicted octanol–water partition coefficient (Wildman–Crippen LogP) is 2.78. The van der Waals surface area contributed by atoms with Gasteiger partial charge in [-0.3, -0.25) is 0 Å². The second-order valence-electron chi connectivity index (χ2n) is 6.11. The minimum atomic E-state index is -0.901. The van der Waals surface area contributed by atoms with Gasteiger partial charge in [-0.05, 0) is 42.5 Å². The number of aliphatic hydroxyl groups excluding tert-OH is 1. The topological polar surface area (TPSA) is 69.6 Å². The summed E-state index contributed by atoms with van der Waals surface area (Å²) >= 11 is 0. The third-order valence-electron chi connectivity index (χ3n) is 4.48. The van der Waals surface area contributed by atoms with E-state index in [9.17, 15) is 9.90 Å². The molecule has 0 radical (unpaired) electrons. The summed E-state index contributed by atoms with van der Waals surface area (Å²) in [6, 6.07) is 17.1. The number of aromatic carboxylic acids is 1. The maximum Gasteiger partial charge on any atom is 0.335 e. The average Bonchev–Trinajstić information content (AvgIpc) is 3.04. The molecule has 0 spiro atoms. The van der Waals surface area contributed by atoms with Crippen LogP contribution in [0.4, 0.5) is 0 Å². The van der Waals surface area contributed by atoms with Crippen molar-refractivity contribution < 1.29 is 15.0 Å². The summed E-state index contributed by atoms with van der Waals surface area (Å²) in [6.07, 6.45) is 2.30. The normalized spacial score (nSPS) is 22.0. The highest BCUT2D eigenvalue weighted by Gasteiger charge is 2.29. The molecule has 3 rings (SSSR count). The first-order valence-electron chi connectivity index (χ1n) is 7.95. The first-order chi connectivity index (χ1) is 11.1. The maximum absolute atomic E-state index is 10.9. The second kappa shape index (κ2) is 6.94. The number of benzene rings is 2. The van der Waals surface area contributed by atoms with E-state index in [1.807, 2.05) is 42.5 Å². The zero-order valence-corrected chi connectivity index (χ0v) is 12.9. The highest BCUT2D eigenvalue weighted by molar-refractivity contribution is 5.87. The van der Waals surface area contributed by atoms with E-state index in [0.717, 1.165) is 30.4 Å². The Morgan fingerprint density at radius 2 is 1.78 bits per heavy atom. The fourth-order valence-corrected chi connectivity index (χ4v) is 3.21. The fourth-order valence-electron chi connectivity index (χ4n) is 3.21. The van der Waals surface area contributed by atoms with Gasteiger partial charge in [0.2, 0.25) is 0 Å². The van der Waals surface area contributed by atoms with Gasteiger partial charge >= 0.3 is 5.97 Å². The van der Waals surface area contributed by atoms with Crippen LogP contribution in [0.25, 0.3) is 0 Å². The summed E-state index contributed by atoms with van der Waals surface area (Å²) in [4.78, 5) is 10.9. The van der Waals surface area contributed by atoms with Crippen LogP contribution in [0.2, 0.25) is 0 Å². The van der Waals surface area contributed by atoms with Crippen LogP contribution in [0, 0.1) is 0 Å². The molecule has 0 saturated carbocycles. The molecule has 0 amide bonds. The molecular formula is C19H21NO3. The number of aliphatic hydroxyl groups is 1. The van der Waals surface area contributed by atoms with Gasteiger partial charge in [0, 0.05) is 12.1 Å². The number of carboxylic acid groups (broad SMARTS) is 1. The van der Waals surface area contributed by atoms with Gasteiger partial charge in [0.05, 0.1) is 11.7 Å². The van der Waals surface area contributed by atoms with Crippen molar-refractivity contribution in [3.63, 3.8) is 0 Å². The van der Waals surface area contributed by atoms with Gasteiger partial charge < -0.3 is 15.5 Å². The van der Waals surface area contributed by atoms with Gasteiger partial charge in [-0.25, -0.2) is 4.79 Å². The number of hydrogen-bond donors (Lipinski definition) is 3. The Hall–Kier alpha value is -2.17. The first kappa shape index (κ1) is 15.7. The van der Waals surface area contributed by atoms with Crippen LogP contribution in [0.5, 0.6) is 0 Å². The standard InChI is InChI=1S/C19H21NO3/c21-18(14-4-2-1-3-5-14)17-11-10-16(20-17)12-13-6-8-15(9-7-13)19(22)23/h1-9,16-18,20-21H,10-12H2,(H,22,23)/t16-,17+,18+/m0/s1. The Labute approximate surface area is 135 Å². The van der Waals surface area contributed by atoms with Crippen molar-refractivity contribution in [2.75, 3.05) is 0 Å². The van der Waals surface area contributed by atoms with E-state index in [2.05, 4.69) is 5.32 Å². The van der Waals surface area contributed by atoms with Gasteiger partial charge in [-0.15, -0.1) is 0 Å². The number of nitrogens with one attached hydrogen (secondary N) is 1. The molecule has 1 heterocycles. The van der Waals surface area contributed by atoms with Gasteiger partial charge in [-0.2, -0.15) is 0 Å². The summed E-state index contributed by atoms with van der Waals surface area (Å²) in [7, 11) is 0. The summed E-state index contributed by atoms with van der Waals surface area (Å²) in [5.74, 6) is -0.901. The molecule has 120 valence electrons. The molecule has 1 saturated heterocycles. The SMILES string of the molecule is O=C(O)c1ccc(C[C@@H]2CC[C@H]([C@H](O)c3ccccc3)N2)cc1. The van der Waals surface area contributed by atoms with Crippen molar-refractivity contribution in [3.8, 4) is 0 Å². The molecule has 2 aromatic rings. The van der Waals surface area contributed by atoms with Crippen molar-refractivity contribution in [1.82, 2.24) is 5.32 Å². The van der Waals surface area contributed by atoms with E-state index in [4.69, 9.17) is 5.11 Å². The quantitative estimate of drug-likeness (QED) is 0.794. The van der Waals surface area contributed by atoms with E-state index in [1.165, 1.54) is 0 Å². The molecule has 0 aromatic heterocycles. The zero-order chi connectivity index (χ0) is 16.2. The highest BCUT2D eigenvalue weighted by Crippen LogP contribution is 2.26. The van der Waals surface area contributed by atoms with Crippen LogP contribution in [-0.4, -0.2) is 28.3 Å². The van der Waals surface area contributed by atoms with Crippen LogP contribution in [0.3, 0.4) is 0 Å². The Kier molecular flexibility index (Phi) is 4.74. The van der Waals surface area contributed by atoms with Gasteiger partial charge in [0.25, 0.3) is 0 Å². The minimum absolute atomic E-state index is 0.0701. The van der Waals surface area contributed by atoms with Crippen molar-refractivity contribution in [2.45, 2.75) is 37.5 Å². The lowest BCUT2D eigenvalue weighted by Crippen LogP contribution is -2.35. The zero-order valence-electron chi connectivity index (χ0n) is 12.9. The lowest BCUT2D eigenvalue weighted by atomic mass is 10.0. The molecule has 2 aromatic carbocycles. The molecule has 4 nitrogen and oxygen atoms in total. The van der Waals surface area contributed by atoms with E-state index < -0.39 is 12.1 Å². The molecule has 0 aliphatic carbocycles. The lowest BCUT2D eigenvalue weighted by Gasteiger charge is -2.20. The minimum Gasteiger partial charge on any atom is -0.478 e.